The van der Waals surface area contributed by atoms with Gasteiger partial charge in [-0.3, -0.25) is 24.1 Å². The molecule has 4 amide bonds. The molecule has 29 heavy (non-hydrogen) atoms. The van der Waals surface area contributed by atoms with Crippen molar-refractivity contribution < 1.29 is 23.9 Å². The molecule has 0 atom stereocenters. The van der Waals surface area contributed by atoms with E-state index in [0.29, 0.717) is 27.0 Å². The molecule has 0 radical (unpaired) electrons. The number of nitrogens with zero attached hydrogens (tertiary/aromatic N) is 1. The first kappa shape index (κ1) is 20.5. The van der Waals surface area contributed by atoms with Gasteiger partial charge in [0.15, 0.2) is 6.61 Å². The van der Waals surface area contributed by atoms with Crippen molar-refractivity contribution in [2.45, 2.75) is 6.42 Å². The Morgan fingerprint density at radius 3 is 2.55 bits per heavy atom. The largest absolute Gasteiger partial charge is 0.484 e. The summed E-state index contributed by atoms with van der Waals surface area (Å²) in [6, 6.07) is 11.5. The molecule has 2 aromatic rings. The standard InChI is InChI=1S/C20H18BrN3O5/c1-22-18(26)11-29-14-4-2-3-13(10-14)23-17(25)7-8-24-19(27)15-6-5-12(21)9-16(15)20(24)28/h2-6,9-10H,7-8,11H2,1H3,(H,22,26)(H,23,25). The Hall–Kier alpha value is -3.20. The smallest absolute Gasteiger partial charge is 0.261 e. The van der Waals surface area contributed by atoms with Crippen LogP contribution in [0.2, 0.25) is 0 Å². The summed E-state index contributed by atoms with van der Waals surface area (Å²) in [5, 5.41) is 5.14. The number of carbonyl (C=O) groups excluding carboxylic acids is 4. The number of anilines is 1. The number of amides is 4. The molecule has 2 aromatic carbocycles. The van der Waals surface area contributed by atoms with Crippen LogP contribution in [0.5, 0.6) is 5.75 Å². The molecule has 8 nitrogen and oxygen atoms in total. The van der Waals surface area contributed by atoms with E-state index < -0.39 is 11.8 Å². The maximum absolute atomic E-state index is 12.4. The zero-order chi connectivity index (χ0) is 21.0. The number of hydrogen-bond donors (Lipinski definition) is 2. The molecule has 9 heteroatoms. The van der Waals surface area contributed by atoms with Crippen molar-refractivity contribution in [3.8, 4) is 5.75 Å². The Labute approximate surface area is 175 Å². The second kappa shape index (κ2) is 8.87. The van der Waals surface area contributed by atoms with Crippen molar-refractivity contribution in [3.05, 3.63) is 58.1 Å². The quantitative estimate of drug-likeness (QED) is 0.617. The highest BCUT2D eigenvalue weighted by molar-refractivity contribution is 9.10. The van der Waals surface area contributed by atoms with E-state index in [9.17, 15) is 19.2 Å². The molecule has 0 aliphatic carbocycles. The predicted octanol–water partition coefficient (Wildman–Crippen LogP) is 2.20. The van der Waals surface area contributed by atoms with Crippen LogP contribution < -0.4 is 15.4 Å². The molecule has 1 aliphatic rings. The van der Waals surface area contributed by atoms with Crippen molar-refractivity contribution in [2.24, 2.45) is 0 Å². The molecule has 150 valence electrons. The molecular formula is C20H18BrN3O5. The second-order valence-corrected chi connectivity index (χ2v) is 7.16. The highest BCUT2D eigenvalue weighted by Crippen LogP contribution is 2.26. The van der Waals surface area contributed by atoms with E-state index in [4.69, 9.17) is 4.74 Å². The van der Waals surface area contributed by atoms with Gasteiger partial charge in [-0.15, -0.1) is 0 Å². The first-order valence-corrected chi connectivity index (χ1v) is 9.57. The number of nitrogens with one attached hydrogen (secondary N) is 2. The summed E-state index contributed by atoms with van der Waals surface area (Å²) in [5.74, 6) is -1.02. The number of imide groups is 1. The molecular weight excluding hydrogens is 442 g/mol. The maximum Gasteiger partial charge on any atom is 0.261 e. The number of halogens is 1. The third-order valence-electron chi connectivity index (χ3n) is 4.26. The SMILES string of the molecule is CNC(=O)COc1cccc(NC(=O)CCN2C(=O)c3ccc(Br)cc3C2=O)c1. The zero-order valence-electron chi connectivity index (χ0n) is 15.5. The van der Waals surface area contributed by atoms with Crippen LogP contribution in [0.4, 0.5) is 5.69 Å². The first-order chi connectivity index (χ1) is 13.9. The Bertz CT molecular complexity index is 992. The minimum atomic E-state index is -0.413. The van der Waals surface area contributed by atoms with Gasteiger partial charge in [0.1, 0.15) is 5.75 Å². The van der Waals surface area contributed by atoms with Crippen LogP contribution in [-0.2, 0) is 9.59 Å². The molecule has 0 saturated heterocycles. The number of rotatable bonds is 7. The molecule has 0 spiro atoms. The Morgan fingerprint density at radius 2 is 1.79 bits per heavy atom. The molecule has 1 heterocycles. The summed E-state index contributed by atoms with van der Waals surface area (Å²) >= 11 is 3.28. The van der Waals surface area contributed by atoms with E-state index in [1.165, 1.54) is 7.05 Å². The molecule has 0 fully saturated rings. The van der Waals surface area contributed by atoms with Crippen LogP contribution in [0, 0.1) is 0 Å². The lowest BCUT2D eigenvalue weighted by Gasteiger charge is -2.14. The summed E-state index contributed by atoms with van der Waals surface area (Å²) < 4.78 is 6.04. The lowest BCUT2D eigenvalue weighted by molar-refractivity contribution is -0.122. The minimum Gasteiger partial charge on any atom is -0.484 e. The van der Waals surface area contributed by atoms with Gasteiger partial charge in [0.2, 0.25) is 5.91 Å². The van der Waals surface area contributed by atoms with Crippen LogP contribution in [0.1, 0.15) is 27.1 Å². The minimum absolute atomic E-state index is 0.0251. The van der Waals surface area contributed by atoms with Crippen molar-refractivity contribution in [3.63, 3.8) is 0 Å². The monoisotopic (exact) mass is 459 g/mol. The lowest BCUT2D eigenvalue weighted by atomic mass is 10.1. The van der Waals surface area contributed by atoms with Crippen molar-refractivity contribution in [1.29, 1.82) is 0 Å². The molecule has 3 rings (SSSR count). The highest BCUT2D eigenvalue weighted by atomic mass is 79.9. The fourth-order valence-electron chi connectivity index (χ4n) is 2.79. The van der Waals surface area contributed by atoms with E-state index in [2.05, 4.69) is 26.6 Å². The van der Waals surface area contributed by atoms with Gasteiger partial charge in [-0.05, 0) is 30.3 Å². The number of carbonyl (C=O) groups is 4. The average Bonchev–Trinajstić information content (AvgIpc) is 2.94. The summed E-state index contributed by atoms with van der Waals surface area (Å²) in [6.07, 6.45) is -0.0457. The summed E-state index contributed by atoms with van der Waals surface area (Å²) in [5.41, 5.74) is 1.14. The van der Waals surface area contributed by atoms with E-state index in [-0.39, 0.29) is 31.4 Å². The summed E-state index contributed by atoms with van der Waals surface area (Å²) in [7, 11) is 1.51. The third kappa shape index (κ3) is 4.80. The third-order valence-corrected chi connectivity index (χ3v) is 4.76. The lowest BCUT2D eigenvalue weighted by Crippen LogP contribution is -2.32. The topological polar surface area (TPSA) is 105 Å². The highest BCUT2D eigenvalue weighted by Gasteiger charge is 2.35. The average molecular weight is 460 g/mol. The van der Waals surface area contributed by atoms with Gasteiger partial charge in [0.05, 0.1) is 11.1 Å². The summed E-state index contributed by atoms with van der Waals surface area (Å²) in [6.45, 7) is -0.160. The predicted molar refractivity (Wildman–Crippen MR) is 109 cm³/mol. The van der Waals surface area contributed by atoms with E-state index >= 15 is 0 Å². The second-order valence-electron chi connectivity index (χ2n) is 6.24. The van der Waals surface area contributed by atoms with Crippen LogP contribution in [-0.4, -0.2) is 48.7 Å². The fourth-order valence-corrected chi connectivity index (χ4v) is 3.15. The van der Waals surface area contributed by atoms with Crippen LogP contribution in [0.3, 0.4) is 0 Å². The molecule has 2 N–H and O–H groups in total. The molecule has 0 aromatic heterocycles. The van der Waals surface area contributed by atoms with Gasteiger partial charge < -0.3 is 15.4 Å². The van der Waals surface area contributed by atoms with Gasteiger partial charge in [0.25, 0.3) is 17.7 Å². The Kier molecular flexibility index (Phi) is 6.28. The zero-order valence-corrected chi connectivity index (χ0v) is 17.1. The Morgan fingerprint density at radius 1 is 1.03 bits per heavy atom. The fraction of sp³-hybridized carbons (Fsp3) is 0.200. The maximum atomic E-state index is 12.4. The van der Waals surface area contributed by atoms with Gasteiger partial charge >= 0.3 is 0 Å². The van der Waals surface area contributed by atoms with Crippen LogP contribution in [0.15, 0.2) is 46.9 Å². The molecule has 0 saturated carbocycles. The number of benzene rings is 2. The first-order valence-electron chi connectivity index (χ1n) is 8.78. The normalized spacial score (nSPS) is 12.6. The van der Waals surface area contributed by atoms with Crippen LogP contribution in [0.25, 0.3) is 0 Å². The van der Waals surface area contributed by atoms with Gasteiger partial charge in [-0.2, -0.15) is 0 Å². The van der Waals surface area contributed by atoms with Crippen molar-refractivity contribution in [2.75, 3.05) is 25.5 Å². The number of ether oxygens (including phenoxy) is 1. The number of hydrogen-bond acceptors (Lipinski definition) is 5. The molecule has 0 bridgehead atoms. The number of likely N-dealkylation sites (N-methyl/N-ethyl adjacent to an activating group) is 1. The van der Waals surface area contributed by atoms with E-state index in [1.54, 1.807) is 42.5 Å². The summed E-state index contributed by atoms with van der Waals surface area (Å²) in [4.78, 5) is 49.4. The molecule has 0 unspecified atom stereocenters. The number of fused-ring (bicyclic) bond motifs is 1. The van der Waals surface area contributed by atoms with Crippen molar-refractivity contribution in [1.82, 2.24) is 10.2 Å². The Balaban J connectivity index is 1.56. The van der Waals surface area contributed by atoms with Crippen LogP contribution >= 0.6 is 15.9 Å². The van der Waals surface area contributed by atoms with Gasteiger partial charge in [-0.1, -0.05) is 22.0 Å². The van der Waals surface area contributed by atoms with E-state index in [0.717, 1.165) is 4.90 Å². The van der Waals surface area contributed by atoms with E-state index in [1.807, 2.05) is 0 Å². The van der Waals surface area contributed by atoms with Crippen molar-refractivity contribution >= 4 is 45.2 Å². The van der Waals surface area contributed by atoms with Gasteiger partial charge in [0, 0.05) is 36.2 Å². The van der Waals surface area contributed by atoms with Gasteiger partial charge in [-0.25, -0.2) is 0 Å². The molecule has 1 aliphatic heterocycles.